The van der Waals surface area contributed by atoms with E-state index < -0.39 is 6.43 Å². The first kappa shape index (κ1) is 13.2. The second-order valence-electron chi connectivity index (χ2n) is 3.77. The van der Waals surface area contributed by atoms with Crippen molar-refractivity contribution in [1.82, 2.24) is 15.1 Å². The van der Waals surface area contributed by atoms with Gasteiger partial charge in [-0.15, -0.1) is 0 Å². The van der Waals surface area contributed by atoms with Crippen LogP contribution in [-0.2, 0) is 6.54 Å². The fourth-order valence-electron chi connectivity index (χ4n) is 1.74. The number of aromatic nitrogens is 2. The van der Waals surface area contributed by atoms with Crippen LogP contribution in [0.1, 0.15) is 17.7 Å². The number of nitrogens with one attached hydrogen (secondary N) is 1. The zero-order valence-electron chi connectivity index (χ0n) is 9.70. The Kier molecular flexibility index (Phi) is 4.08. The number of rotatable bonds is 4. The lowest BCUT2D eigenvalue weighted by Gasteiger charge is -2.09. The Hall–Kier alpha value is -1.27. The van der Waals surface area contributed by atoms with Gasteiger partial charge in [0.05, 0.1) is 11.9 Å². The van der Waals surface area contributed by atoms with E-state index in [1.54, 1.807) is 31.3 Å². The molecule has 0 bridgehead atoms. The number of hydrogen-bond acceptors (Lipinski definition) is 2. The molecule has 1 heterocycles. The zero-order valence-corrected chi connectivity index (χ0v) is 11.3. The Morgan fingerprint density at radius 3 is 2.56 bits per heavy atom. The molecule has 0 spiro atoms. The van der Waals surface area contributed by atoms with Crippen molar-refractivity contribution in [2.45, 2.75) is 13.0 Å². The molecular formula is C12H12BrF2N3. The molecule has 0 fully saturated rings. The van der Waals surface area contributed by atoms with Gasteiger partial charge >= 0.3 is 0 Å². The fourth-order valence-corrected chi connectivity index (χ4v) is 2.00. The number of alkyl halides is 2. The molecule has 0 aliphatic heterocycles. The second-order valence-corrected chi connectivity index (χ2v) is 4.69. The SMILES string of the molecule is CNCc1cnn(-c2ccc(Br)cc2)c1C(F)F. The molecule has 0 saturated heterocycles. The highest BCUT2D eigenvalue weighted by molar-refractivity contribution is 9.10. The van der Waals surface area contributed by atoms with Crippen LogP contribution in [0.15, 0.2) is 34.9 Å². The smallest absolute Gasteiger partial charge is 0.280 e. The van der Waals surface area contributed by atoms with Crippen LogP contribution in [0.4, 0.5) is 8.78 Å². The van der Waals surface area contributed by atoms with E-state index in [0.29, 0.717) is 17.8 Å². The summed E-state index contributed by atoms with van der Waals surface area (Å²) in [7, 11) is 1.71. The van der Waals surface area contributed by atoms with Crippen molar-refractivity contribution < 1.29 is 8.78 Å². The summed E-state index contributed by atoms with van der Waals surface area (Å²) in [6.45, 7) is 0.371. The summed E-state index contributed by atoms with van der Waals surface area (Å²) in [5.41, 5.74) is 1.07. The van der Waals surface area contributed by atoms with E-state index >= 15 is 0 Å². The molecule has 0 aliphatic carbocycles. The van der Waals surface area contributed by atoms with Crippen molar-refractivity contribution in [2.24, 2.45) is 0 Å². The minimum atomic E-state index is -2.56. The first-order chi connectivity index (χ1) is 8.63. The molecule has 1 N–H and O–H groups in total. The largest absolute Gasteiger partial charge is 0.316 e. The number of nitrogens with zero attached hydrogens (tertiary/aromatic N) is 2. The highest BCUT2D eigenvalue weighted by Gasteiger charge is 2.20. The molecule has 6 heteroatoms. The second kappa shape index (κ2) is 5.58. The molecule has 2 rings (SSSR count). The molecule has 1 aromatic carbocycles. The topological polar surface area (TPSA) is 29.9 Å². The summed E-state index contributed by atoms with van der Waals surface area (Å²) in [6, 6.07) is 7.08. The Labute approximate surface area is 112 Å². The fraction of sp³-hybridized carbons (Fsp3) is 0.250. The molecule has 0 unspecified atom stereocenters. The van der Waals surface area contributed by atoms with E-state index in [9.17, 15) is 8.78 Å². The van der Waals surface area contributed by atoms with E-state index in [0.717, 1.165) is 4.47 Å². The average molecular weight is 316 g/mol. The van der Waals surface area contributed by atoms with Crippen LogP contribution in [0.25, 0.3) is 5.69 Å². The summed E-state index contributed by atoms with van der Waals surface area (Å²) < 4.78 is 28.4. The quantitative estimate of drug-likeness (QED) is 0.938. The first-order valence-electron chi connectivity index (χ1n) is 5.39. The van der Waals surface area contributed by atoms with Crippen LogP contribution < -0.4 is 5.32 Å². The molecule has 18 heavy (non-hydrogen) atoms. The van der Waals surface area contributed by atoms with Gasteiger partial charge in [0.15, 0.2) is 0 Å². The van der Waals surface area contributed by atoms with Crippen molar-refractivity contribution >= 4 is 15.9 Å². The van der Waals surface area contributed by atoms with Crippen LogP contribution >= 0.6 is 15.9 Å². The van der Waals surface area contributed by atoms with Gasteiger partial charge in [-0.05, 0) is 31.3 Å². The number of benzene rings is 1. The summed E-state index contributed by atoms with van der Waals surface area (Å²) in [5, 5.41) is 6.90. The third-order valence-electron chi connectivity index (χ3n) is 2.53. The highest BCUT2D eigenvalue weighted by atomic mass is 79.9. The normalized spacial score (nSPS) is 11.2. The maximum atomic E-state index is 13.1. The zero-order chi connectivity index (χ0) is 13.1. The Morgan fingerprint density at radius 1 is 1.33 bits per heavy atom. The van der Waals surface area contributed by atoms with Crippen LogP contribution in [0.5, 0.6) is 0 Å². The van der Waals surface area contributed by atoms with Crippen molar-refractivity contribution in [2.75, 3.05) is 7.05 Å². The molecule has 96 valence electrons. The highest BCUT2D eigenvalue weighted by Crippen LogP contribution is 2.26. The minimum Gasteiger partial charge on any atom is -0.316 e. The predicted octanol–water partition coefficient (Wildman–Crippen LogP) is 3.29. The molecule has 1 aromatic heterocycles. The first-order valence-corrected chi connectivity index (χ1v) is 6.18. The van der Waals surface area contributed by atoms with Gasteiger partial charge in [-0.3, -0.25) is 0 Å². The number of halogens is 3. The third-order valence-corrected chi connectivity index (χ3v) is 3.06. The Balaban J connectivity index is 2.47. The van der Waals surface area contributed by atoms with Gasteiger partial charge in [-0.1, -0.05) is 15.9 Å². The van der Waals surface area contributed by atoms with Crippen LogP contribution in [0.3, 0.4) is 0 Å². The van der Waals surface area contributed by atoms with Gasteiger partial charge in [0.1, 0.15) is 5.69 Å². The van der Waals surface area contributed by atoms with Crippen LogP contribution in [0.2, 0.25) is 0 Å². The Morgan fingerprint density at radius 2 is 2.00 bits per heavy atom. The molecule has 2 aromatic rings. The van der Waals surface area contributed by atoms with Crippen molar-refractivity contribution in [3.8, 4) is 5.69 Å². The summed E-state index contributed by atoms with van der Waals surface area (Å²) in [5.74, 6) is 0. The van der Waals surface area contributed by atoms with Gasteiger partial charge in [-0.2, -0.15) is 5.10 Å². The van der Waals surface area contributed by atoms with E-state index in [2.05, 4.69) is 26.3 Å². The monoisotopic (exact) mass is 315 g/mol. The van der Waals surface area contributed by atoms with Gasteiger partial charge in [0.25, 0.3) is 6.43 Å². The van der Waals surface area contributed by atoms with E-state index in [1.807, 2.05) is 0 Å². The summed E-state index contributed by atoms with van der Waals surface area (Å²) >= 11 is 3.31. The van der Waals surface area contributed by atoms with Gasteiger partial charge < -0.3 is 5.32 Å². The number of hydrogen-bond donors (Lipinski definition) is 1. The van der Waals surface area contributed by atoms with E-state index in [1.165, 1.54) is 10.9 Å². The Bertz CT molecular complexity index is 523. The van der Waals surface area contributed by atoms with Gasteiger partial charge in [-0.25, -0.2) is 13.5 Å². The van der Waals surface area contributed by atoms with Crippen LogP contribution in [0, 0.1) is 0 Å². The van der Waals surface area contributed by atoms with Crippen molar-refractivity contribution in [3.05, 3.63) is 46.2 Å². The lowest BCUT2D eigenvalue weighted by atomic mass is 10.2. The molecular weight excluding hydrogens is 304 g/mol. The van der Waals surface area contributed by atoms with Crippen molar-refractivity contribution in [3.63, 3.8) is 0 Å². The molecule has 0 amide bonds. The molecule has 0 radical (unpaired) electrons. The maximum Gasteiger partial charge on any atom is 0.280 e. The third kappa shape index (κ3) is 2.59. The predicted molar refractivity (Wildman–Crippen MR) is 69.0 cm³/mol. The summed E-state index contributed by atoms with van der Waals surface area (Å²) in [4.78, 5) is 0. The molecule has 0 atom stereocenters. The lowest BCUT2D eigenvalue weighted by molar-refractivity contribution is 0.141. The standard InChI is InChI=1S/C12H12BrF2N3/c1-16-6-8-7-17-18(11(8)12(14)15)10-4-2-9(13)3-5-10/h2-5,7,12,16H,6H2,1H3. The van der Waals surface area contributed by atoms with Crippen LogP contribution in [-0.4, -0.2) is 16.8 Å². The minimum absolute atomic E-state index is 0.0633. The van der Waals surface area contributed by atoms with Crippen molar-refractivity contribution in [1.29, 1.82) is 0 Å². The summed E-state index contributed by atoms with van der Waals surface area (Å²) in [6.07, 6.45) is -1.08. The average Bonchev–Trinajstić information content (AvgIpc) is 2.74. The molecule has 3 nitrogen and oxygen atoms in total. The van der Waals surface area contributed by atoms with Gasteiger partial charge in [0.2, 0.25) is 0 Å². The van der Waals surface area contributed by atoms with E-state index in [4.69, 9.17) is 0 Å². The van der Waals surface area contributed by atoms with E-state index in [-0.39, 0.29) is 5.69 Å². The van der Waals surface area contributed by atoms with Gasteiger partial charge in [0, 0.05) is 16.6 Å². The maximum absolute atomic E-state index is 13.1. The lowest BCUT2D eigenvalue weighted by Crippen LogP contribution is -2.09. The molecule has 0 aliphatic rings. The molecule has 0 saturated carbocycles.